The van der Waals surface area contributed by atoms with E-state index in [2.05, 4.69) is 17.2 Å². The molecule has 8 heteroatoms. The van der Waals surface area contributed by atoms with Crippen molar-refractivity contribution in [3.63, 3.8) is 0 Å². The third-order valence-corrected chi connectivity index (χ3v) is 6.90. The lowest BCUT2D eigenvalue weighted by Crippen LogP contribution is -2.50. The minimum Gasteiger partial charge on any atom is -0.339 e. The second-order valence-corrected chi connectivity index (χ2v) is 9.15. The highest BCUT2D eigenvalue weighted by Gasteiger charge is 2.32. The summed E-state index contributed by atoms with van der Waals surface area (Å²) in [5, 5.41) is 4.53. The van der Waals surface area contributed by atoms with E-state index in [9.17, 15) is 18.4 Å². The maximum absolute atomic E-state index is 13.8. The molecule has 0 radical (unpaired) electrons. The molecule has 5 rings (SSSR count). The van der Waals surface area contributed by atoms with Gasteiger partial charge < -0.3 is 9.80 Å². The number of carbonyl (C=O) groups is 2. The Labute approximate surface area is 203 Å². The van der Waals surface area contributed by atoms with Crippen molar-refractivity contribution in [2.75, 3.05) is 26.2 Å². The zero-order chi connectivity index (χ0) is 24.4. The number of halogens is 2. The number of hydrogen-bond acceptors (Lipinski definition) is 3. The van der Waals surface area contributed by atoms with E-state index in [0.29, 0.717) is 44.0 Å². The first-order valence-corrected chi connectivity index (χ1v) is 12.2. The third kappa shape index (κ3) is 4.83. The van der Waals surface area contributed by atoms with Crippen LogP contribution < -0.4 is 0 Å². The summed E-state index contributed by atoms with van der Waals surface area (Å²) in [4.78, 5) is 29.6. The zero-order valence-electron chi connectivity index (χ0n) is 19.6. The van der Waals surface area contributed by atoms with Gasteiger partial charge in [-0.3, -0.25) is 9.59 Å². The molecule has 35 heavy (non-hydrogen) atoms. The molecule has 0 N–H and O–H groups in total. The van der Waals surface area contributed by atoms with Gasteiger partial charge in [0.15, 0.2) is 17.3 Å². The summed E-state index contributed by atoms with van der Waals surface area (Å²) < 4.78 is 28.8. The molecule has 1 fully saturated rings. The van der Waals surface area contributed by atoms with Crippen molar-refractivity contribution in [3.8, 4) is 5.69 Å². The maximum Gasteiger partial charge on any atom is 0.274 e. The van der Waals surface area contributed by atoms with Crippen molar-refractivity contribution in [2.24, 2.45) is 0 Å². The quantitative estimate of drug-likeness (QED) is 0.539. The van der Waals surface area contributed by atoms with Crippen LogP contribution in [-0.2, 0) is 24.1 Å². The van der Waals surface area contributed by atoms with E-state index in [1.54, 1.807) is 9.58 Å². The van der Waals surface area contributed by atoms with Crippen LogP contribution in [0.5, 0.6) is 0 Å². The van der Waals surface area contributed by atoms with E-state index in [-0.39, 0.29) is 11.8 Å². The normalized spacial score (nSPS) is 15.4. The van der Waals surface area contributed by atoms with E-state index in [1.165, 1.54) is 11.6 Å². The summed E-state index contributed by atoms with van der Waals surface area (Å²) in [7, 11) is 0. The number of amides is 2. The molecule has 0 unspecified atom stereocenters. The Morgan fingerprint density at radius 3 is 2.37 bits per heavy atom. The van der Waals surface area contributed by atoms with Crippen molar-refractivity contribution in [3.05, 3.63) is 82.7 Å². The standard InChI is InChI=1S/C27H28F2N4O2/c28-22-13-12-20(18-23(22)29)33-24-10-5-9-21(24)26(30-33)27(35)32-16-14-31(15-17-32)25(34)11-4-8-19-6-2-1-3-7-19/h1-3,6-7,12-13,18H,4-5,8-11,14-17H2. The average molecular weight is 479 g/mol. The topological polar surface area (TPSA) is 58.4 Å². The van der Waals surface area contributed by atoms with E-state index >= 15 is 0 Å². The van der Waals surface area contributed by atoms with Gasteiger partial charge in [-0.25, -0.2) is 13.5 Å². The third-order valence-electron chi connectivity index (χ3n) is 6.90. The maximum atomic E-state index is 13.8. The number of aryl methyl sites for hydroxylation is 1. The van der Waals surface area contributed by atoms with Crippen molar-refractivity contribution < 1.29 is 18.4 Å². The van der Waals surface area contributed by atoms with Gasteiger partial charge in [0.05, 0.1) is 5.69 Å². The van der Waals surface area contributed by atoms with Gasteiger partial charge in [-0.1, -0.05) is 30.3 Å². The molecule has 6 nitrogen and oxygen atoms in total. The van der Waals surface area contributed by atoms with Crippen LogP contribution in [0, 0.1) is 11.6 Å². The molecule has 182 valence electrons. The molecule has 2 aromatic carbocycles. The predicted octanol–water partition coefficient (Wildman–Crippen LogP) is 3.95. The van der Waals surface area contributed by atoms with Crippen LogP contribution in [0.3, 0.4) is 0 Å². The second kappa shape index (κ2) is 9.98. The molecule has 0 atom stereocenters. The molecule has 2 aliphatic rings. The molecule has 1 saturated heterocycles. The van der Waals surface area contributed by atoms with Gasteiger partial charge in [0.1, 0.15) is 0 Å². The summed E-state index contributed by atoms with van der Waals surface area (Å²) in [5.74, 6) is -1.90. The van der Waals surface area contributed by atoms with Crippen LogP contribution in [0.15, 0.2) is 48.5 Å². The first kappa shape index (κ1) is 23.2. The Balaban J connectivity index is 1.21. The molecule has 2 amide bonds. The SMILES string of the molecule is O=C(CCCc1ccccc1)N1CCN(C(=O)c2nn(-c3ccc(F)c(F)c3)c3c2CCC3)CC1. The number of benzene rings is 2. The Hall–Kier alpha value is -3.55. The fourth-order valence-corrected chi connectivity index (χ4v) is 4.99. The Morgan fingerprint density at radius 2 is 1.63 bits per heavy atom. The second-order valence-electron chi connectivity index (χ2n) is 9.15. The number of hydrogen-bond donors (Lipinski definition) is 0. The van der Waals surface area contributed by atoms with Crippen LogP contribution >= 0.6 is 0 Å². The molecule has 1 aliphatic carbocycles. The number of carbonyl (C=O) groups excluding carboxylic acids is 2. The van der Waals surface area contributed by atoms with E-state index in [1.807, 2.05) is 23.1 Å². The largest absolute Gasteiger partial charge is 0.339 e. The average Bonchev–Trinajstić information content (AvgIpc) is 3.49. The predicted molar refractivity (Wildman–Crippen MR) is 127 cm³/mol. The fraction of sp³-hybridized carbons (Fsp3) is 0.370. The molecule has 2 heterocycles. The minimum atomic E-state index is -0.942. The van der Waals surface area contributed by atoms with Gasteiger partial charge in [-0.15, -0.1) is 0 Å². The number of rotatable bonds is 6. The Kier molecular flexibility index (Phi) is 6.61. The molecule has 0 bridgehead atoms. The van der Waals surface area contributed by atoms with Gasteiger partial charge in [0.2, 0.25) is 5.91 Å². The van der Waals surface area contributed by atoms with Crippen molar-refractivity contribution >= 4 is 11.8 Å². The lowest BCUT2D eigenvalue weighted by atomic mass is 10.1. The smallest absolute Gasteiger partial charge is 0.274 e. The van der Waals surface area contributed by atoms with Crippen LogP contribution in [-0.4, -0.2) is 57.6 Å². The van der Waals surface area contributed by atoms with E-state index in [4.69, 9.17) is 0 Å². The molecule has 1 aliphatic heterocycles. The van der Waals surface area contributed by atoms with E-state index in [0.717, 1.165) is 55.5 Å². The van der Waals surface area contributed by atoms with Gasteiger partial charge >= 0.3 is 0 Å². The Morgan fingerprint density at radius 1 is 0.886 bits per heavy atom. The zero-order valence-corrected chi connectivity index (χ0v) is 19.6. The first-order valence-electron chi connectivity index (χ1n) is 12.2. The summed E-state index contributed by atoms with van der Waals surface area (Å²) in [5.41, 5.74) is 3.79. The number of fused-ring (bicyclic) bond motifs is 1. The lowest BCUT2D eigenvalue weighted by Gasteiger charge is -2.34. The molecule has 1 aromatic heterocycles. The monoisotopic (exact) mass is 478 g/mol. The number of piperazine rings is 1. The van der Waals surface area contributed by atoms with Crippen LogP contribution in [0.4, 0.5) is 8.78 Å². The summed E-state index contributed by atoms with van der Waals surface area (Å²) in [6, 6.07) is 13.8. The first-order chi connectivity index (χ1) is 17.0. The number of aromatic nitrogens is 2. The molecular weight excluding hydrogens is 450 g/mol. The minimum absolute atomic E-state index is 0.122. The van der Waals surface area contributed by atoms with Gasteiger partial charge in [0.25, 0.3) is 5.91 Å². The number of nitrogens with zero attached hydrogens (tertiary/aromatic N) is 4. The van der Waals surface area contributed by atoms with Crippen LogP contribution in [0.2, 0.25) is 0 Å². The molecule has 0 saturated carbocycles. The Bertz CT molecular complexity index is 1230. The summed E-state index contributed by atoms with van der Waals surface area (Å²) in [6.45, 7) is 1.91. The van der Waals surface area contributed by atoms with Gasteiger partial charge in [-0.05, 0) is 49.8 Å². The van der Waals surface area contributed by atoms with Crippen molar-refractivity contribution in [1.82, 2.24) is 19.6 Å². The highest BCUT2D eigenvalue weighted by Crippen LogP contribution is 2.29. The molecule has 0 spiro atoms. The van der Waals surface area contributed by atoms with Crippen molar-refractivity contribution in [1.29, 1.82) is 0 Å². The van der Waals surface area contributed by atoms with Gasteiger partial charge in [-0.2, -0.15) is 5.10 Å². The van der Waals surface area contributed by atoms with Crippen LogP contribution in [0.1, 0.15) is 46.6 Å². The van der Waals surface area contributed by atoms with Gasteiger partial charge in [0, 0.05) is 49.9 Å². The van der Waals surface area contributed by atoms with E-state index < -0.39 is 11.6 Å². The fourth-order valence-electron chi connectivity index (χ4n) is 4.99. The van der Waals surface area contributed by atoms with Crippen molar-refractivity contribution in [2.45, 2.75) is 38.5 Å². The summed E-state index contributed by atoms with van der Waals surface area (Å²) >= 11 is 0. The highest BCUT2D eigenvalue weighted by molar-refractivity contribution is 5.94. The molecule has 3 aromatic rings. The summed E-state index contributed by atoms with van der Waals surface area (Å²) in [6.07, 6.45) is 4.53. The molecular formula is C27H28F2N4O2. The van der Waals surface area contributed by atoms with Crippen LogP contribution in [0.25, 0.3) is 5.69 Å². The lowest BCUT2D eigenvalue weighted by molar-refractivity contribution is -0.132. The highest BCUT2D eigenvalue weighted by atomic mass is 19.2.